The summed E-state index contributed by atoms with van der Waals surface area (Å²) in [6, 6.07) is 13.8. The van der Waals surface area contributed by atoms with Crippen LogP contribution in [0.25, 0.3) is 10.9 Å². The maximum Gasteiger partial charge on any atom is 0.253 e. The Morgan fingerprint density at radius 2 is 1.91 bits per heavy atom. The number of pyridine rings is 1. The molecule has 1 aromatic heterocycles. The highest BCUT2D eigenvalue weighted by Gasteiger charge is 2.17. The quantitative estimate of drug-likeness (QED) is 0.500. The standard InChI is InChI=1S/C26H32N4O3S/c1-18-14-19(2)24-20(15-18)16-21(25(31)28-24)17-30(9-8-29-10-12-33-13-11-29)26(34)27-22-4-6-23(32-3)7-5-22/h4-7,14-16H,8-13,17H2,1-3H3,(H,27,34)(H,28,31). The maximum absolute atomic E-state index is 13.0. The summed E-state index contributed by atoms with van der Waals surface area (Å²) < 4.78 is 10.7. The van der Waals surface area contributed by atoms with Gasteiger partial charge < -0.3 is 24.7 Å². The van der Waals surface area contributed by atoms with Gasteiger partial charge in [0.2, 0.25) is 0 Å². The molecule has 0 atom stereocenters. The van der Waals surface area contributed by atoms with E-state index in [1.54, 1.807) is 7.11 Å². The van der Waals surface area contributed by atoms with Crippen LogP contribution in [0.15, 0.2) is 47.3 Å². The number of morpholine rings is 1. The number of fused-ring (bicyclic) bond motifs is 1. The van der Waals surface area contributed by atoms with Gasteiger partial charge >= 0.3 is 0 Å². The summed E-state index contributed by atoms with van der Waals surface area (Å²) in [5.41, 5.74) is 4.61. The van der Waals surface area contributed by atoms with Crippen LogP contribution in [-0.4, -0.2) is 66.4 Å². The van der Waals surface area contributed by atoms with Crippen molar-refractivity contribution in [2.24, 2.45) is 0 Å². The summed E-state index contributed by atoms with van der Waals surface area (Å²) >= 11 is 5.79. The zero-order valence-corrected chi connectivity index (χ0v) is 20.8. The Morgan fingerprint density at radius 3 is 2.62 bits per heavy atom. The monoisotopic (exact) mass is 480 g/mol. The minimum Gasteiger partial charge on any atom is -0.497 e. The lowest BCUT2D eigenvalue weighted by Gasteiger charge is -2.31. The van der Waals surface area contributed by atoms with Crippen molar-refractivity contribution < 1.29 is 9.47 Å². The van der Waals surface area contributed by atoms with E-state index in [4.69, 9.17) is 21.7 Å². The largest absolute Gasteiger partial charge is 0.497 e. The number of hydrogen-bond acceptors (Lipinski definition) is 5. The second kappa shape index (κ2) is 11.0. The van der Waals surface area contributed by atoms with Crippen molar-refractivity contribution in [3.8, 4) is 5.75 Å². The maximum atomic E-state index is 13.0. The molecule has 8 heteroatoms. The third-order valence-electron chi connectivity index (χ3n) is 6.15. The molecule has 1 saturated heterocycles. The zero-order chi connectivity index (χ0) is 24.1. The molecule has 2 aromatic carbocycles. The number of methoxy groups -OCH3 is 1. The molecule has 2 heterocycles. The molecule has 1 aliphatic rings. The third kappa shape index (κ3) is 5.94. The van der Waals surface area contributed by atoms with Crippen LogP contribution in [0, 0.1) is 13.8 Å². The average molecular weight is 481 g/mol. The zero-order valence-electron chi connectivity index (χ0n) is 20.0. The van der Waals surface area contributed by atoms with Crippen molar-refractivity contribution in [3.05, 3.63) is 69.5 Å². The van der Waals surface area contributed by atoms with Crippen molar-refractivity contribution in [2.75, 3.05) is 51.8 Å². The third-order valence-corrected chi connectivity index (χ3v) is 6.51. The fourth-order valence-electron chi connectivity index (χ4n) is 4.27. The molecule has 0 bridgehead atoms. The lowest BCUT2D eigenvalue weighted by molar-refractivity contribution is 0.0358. The smallest absolute Gasteiger partial charge is 0.253 e. The molecule has 34 heavy (non-hydrogen) atoms. The molecule has 7 nitrogen and oxygen atoms in total. The van der Waals surface area contributed by atoms with Gasteiger partial charge in [0, 0.05) is 37.4 Å². The number of H-pyrrole nitrogens is 1. The predicted octanol–water partition coefficient (Wildman–Crippen LogP) is 3.68. The van der Waals surface area contributed by atoms with Gasteiger partial charge in [0.05, 0.1) is 32.4 Å². The van der Waals surface area contributed by atoms with Gasteiger partial charge in [-0.15, -0.1) is 0 Å². The molecule has 3 aromatic rings. The number of aromatic amines is 1. The van der Waals surface area contributed by atoms with Gasteiger partial charge in [0.25, 0.3) is 5.56 Å². The van der Waals surface area contributed by atoms with Crippen LogP contribution >= 0.6 is 12.2 Å². The fourth-order valence-corrected chi connectivity index (χ4v) is 4.55. The molecule has 1 fully saturated rings. The number of aryl methyl sites for hydroxylation is 2. The Hall–Kier alpha value is -2.94. The molecule has 2 N–H and O–H groups in total. The van der Waals surface area contributed by atoms with Gasteiger partial charge in [0.15, 0.2) is 5.11 Å². The molecular weight excluding hydrogens is 448 g/mol. The minimum absolute atomic E-state index is 0.0805. The second-order valence-corrected chi connectivity index (χ2v) is 9.09. The highest BCUT2D eigenvalue weighted by molar-refractivity contribution is 7.80. The van der Waals surface area contributed by atoms with Gasteiger partial charge in [-0.3, -0.25) is 9.69 Å². The van der Waals surface area contributed by atoms with E-state index in [-0.39, 0.29) is 5.56 Å². The van der Waals surface area contributed by atoms with Crippen molar-refractivity contribution in [1.29, 1.82) is 0 Å². The SMILES string of the molecule is COc1ccc(NC(=S)N(CCN2CCOCC2)Cc2cc3cc(C)cc(C)c3[nH]c2=O)cc1. The number of nitrogens with zero attached hydrogens (tertiary/aromatic N) is 2. The number of nitrogens with one attached hydrogen (secondary N) is 2. The first-order valence-electron chi connectivity index (χ1n) is 11.6. The minimum atomic E-state index is -0.0805. The summed E-state index contributed by atoms with van der Waals surface area (Å²) in [6.45, 7) is 9.36. The van der Waals surface area contributed by atoms with Crippen molar-refractivity contribution in [2.45, 2.75) is 20.4 Å². The summed E-state index contributed by atoms with van der Waals surface area (Å²) in [6.07, 6.45) is 0. The van der Waals surface area contributed by atoms with Crippen molar-refractivity contribution in [3.63, 3.8) is 0 Å². The van der Waals surface area contributed by atoms with Gasteiger partial charge in [0.1, 0.15) is 5.75 Å². The predicted molar refractivity (Wildman–Crippen MR) is 141 cm³/mol. The van der Waals surface area contributed by atoms with Crippen molar-refractivity contribution >= 4 is 33.9 Å². The number of hydrogen-bond donors (Lipinski definition) is 2. The van der Waals surface area contributed by atoms with E-state index in [0.717, 1.165) is 60.8 Å². The van der Waals surface area contributed by atoms with E-state index in [2.05, 4.69) is 39.2 Å². The first kappa shape index (κ1) is 24.2. The molecule has 0 unspecified atom stereocenters. The summed E-state index contributed by atoms with van der Waals surface area (Å²) in [7, 11) is 1.64. The molecule has 180 valence electrons. The van der Waals surface area contributed by atoms with Crippen LogP contribution in [0.3, 0.4) is 0 Å². The molecule has 0 spiro atoms. The fraction of sp³-hybridized carbons (Fsp3) is 0.385. The van der Waals surface area contributed by atoms with E-state index in [1.165, 1.54) is 5.56 Å². The van der Waals surface area contributed by atoms with Gasteiger partial charge in [-0.25, -0.2) is 0 Å². The number of ether oxygens (including phenoxy) is 2. The number of thiocarbonyl (C=S) groups is 1. The van der Waals surface area contributed by atoms with E-state index in [1.807, 2.05) is 37.3 Å². The summed E-state index contributed by atoms with van der Waals surface area (Å²) in [4.78, 5) is 20.5. The summed E-state index contributed by atoms with van der Waals surface area (Å²) in [5.74, 6) is 0.786. The topological polar surface area (TPSA) is 69.8 Å². The number of anilines is 1. The average Bonchev–Trinajstić information content (AvgIpc) is 2.83. The Morgan fingerprint density at radius 1 is 1.18 bits per heavy atom. The second-order valence-electron chi connectivity index (χ2n) is 8.70. The van der Waals surface area contributed by atoms with E-state index < -0.39 is 0 Å². The highest BCUT2D eigenvalue weighted by atomic mass is 32.1. The van der Waals surface area contributed by atoms with E-state index in [9.17, 15) is 4.79 Å². The van der Waals surface area contributed by atoms with Gasteiger partial charge in [-0.2, -0.15) is 0 Å². The normalized spacial score (nSPS) is 14.2. The molecule has 0 radical (unpaired) electrons. The molecule has 4 rings (SSSR count). The van der Waals surface area contributed by atoms with E-state index in [0.29, 0.717) is 23.8 Å². The van der Waals surface area contributed by atoms with Crippen LogP contribution in [0.5, 0.6) is 5.75 Å². The number of benzene rings is 2. The molecule has 0 saturated carbocycles. The van der Waals surface area contributed by atoms with Crippen LogP contribution in [0.4, 0.5) is 5.69 Å². The Kier molecular flexibility index (Phi) is 7.82. The van der Waals surface area contributed by atoms with Crippen LogP contribution in [-0.2, 0) is 11.3 Å². The molecule has 0 aliphatic carbocycles. The lowest BCUT2D eigenvalue weighted by Crippen LogP contribution is -2.44. The lowest BCUT2D eigenvalue weighted by atomic mass is 10.1. The van der Waals surface area contributed by atoms with Gasteiger partial charge in [-0.05, 0) is 73.4 Å². The first-order valence-corrected chi connectivity index (χ1v) is 12.0. The molecule has 1 aliphatic heterocycles. The Balaban J connectivity index is 1.56. The van der Waals surface area contributed by atoms with Crippen molar-refractivity contribution in [1.82, 2.24) is 14.8 Å². The van der Waals surface area contributed by atoms with Gasteiger partial charge in [-0.1, -0.05) is 11.6 Å². The highest BCUT2D eigenvalue weighted by Crippen LogP contribution is 2.19. The number of aromatic nitrogens is 1. The summed E-state index contributed by atoms with van der Waals surface area (Å²) in [5, 5.41) is 4.94. The molecule has 0 amide bonds. The molecular formula is C26H32N4O3S. The van der Waals surface area contributed by atoms with E-state index >= 15 is 0 Å². The Bertz CT molecular complexity index is 1200. The number of rotatable bonds is 7. The first-order chi connectivity index (χ1) is 16.4. The van der Waals surface area contributed by atoms with Crippen LogP contribution in [0.2, 0.25) is 0 Å². The van der Waals surface area contributed by atoms with Crippen LogP contribution < -0.4 is 15.6 Å². The Labute approximate surface area is 205 Å². The van der Waals surface area contributed by atoms with Crippen LogP contribution in [0.1, 0.15) is 16.7 Å².